The number of anilines is 1. The van der Waals surface area contributed by atoms with Gasteiger partial charge in [0.1, 0.15) is 0 Å². The van der Waals surface area contributed by atoms with Gasteiger partial charge in [-0.2, -0.15) is 0 Å². The molecule has 2 heteroatoms. The molecule has 0 aromatic heterocycles. The molecule has 0 bridgehead atoms. The van der Waals surface area contributed by atoms with Gasteiger partial charge in [-0.1, -0.05) is 25.0 Å². The van der Waals surface area contributed by atoms with E-state index in [1.807, 2.05) is 6.92 Å². The summed E-state index contributed by atoms with van der Waals surface area (Å²) in [7, 11) is 0. The minimum Gasteiger partial charge on any atom is -0.368 e. The molecule has 2 fully saturated rings. The third-order valence-corrected chi connectivity index (χ3v) is 4.99. The molecular weight excluding hydrogens is 232 g/mol. The maximum atomic E-state index is 5.93. The summed E-state index contributed by atoms with van der Waals surface area (Å²) in [5.41, 5.74) is 8.58. The largest absolute Gasteiger partial charge is 0.368 e. The Kier molecular flexibility index (Phi) is 3.79. The van der Waals surface area contributed by atoms with Crippen LogP contribution in [0.3, 0.4) is 0 Å². The highest BCUT2D eigenvalue weighted by molar-refractivity contribution is 5.49. The molecule has 2 nitrogen and oxygen atoms in total. The molecule has 19 heavy (non-hydrogen) atoms. The summed E-state index contributed by atoms with van der Waals surface area (Å²) in [5, 5.41) is 0. The van der Waals surface area contributed by atoms with Crippen LogP contribution in [-0.2, 0) is 0 Å². The summed E-state index contributed by atoms with van der Waals surface area (Å²) in [6.45, 7) is 3.28. The van der Waals surface area contributed by atoms with Crippen LogP contribution >= 0.6 is 0 Å². The molecule has 2 N–H and O–H groups in total. The predicted octanol–water partition coefficient (Wildman–Crippen LogP) is 3.87. The second kappa shape index (κ2) is 5.54. The number of hydrogen-bond donors (Lipinski definition) is 1. The topological polar surface area (TPSA) is 29.3 Å². The molecule has 1 saturated heterocycles. The van der Waals surface area contributed by atoms with Gasteiger partial charge < -0.3 is 10.6 Å². The fourth-order valence-electron chi connectivity index (χ4n) is 3.91. The van der Waals surface area contributed by atoms with Crippen LogP contribution in [0.1, 0.15) is 57.1 Å². The van der Waals surface area contributed by atoms with Crippen molar-refractivity contribution >= 4 is 5.69 Å². The highest BCUT2D eigenvalue weighted by Gasteiger charge is 2.33. The van der Waals surface area contributed by atoms with Gasteiger partial charge in [-0.15, -0.1) is 0 Å². The van der Waals surface area contributed by atoms with Crippen LogP contribution in [0.15, 0.2) is 24.3 Å². The summed E-state index contributed by atoms with van der Waals surface area (Å²) in [6.07, 6.45) is 8.49. The van der Waals surface area contributed by atoms with Crippen molar-refractivity contribution in [1.29, 1.82) is 0 Å². The Hall–Kier alpha value is -1.02. The van der Waals surface area contributed by atoms with Gasteiger partial charge in [0.05, 0.1) is 0 Å². The lowest BCUT2D eigenvalue weighted by Gasteiger charge is -2.45. The molecule has 0 amide bonds. The first-order valence-corrected chi connectivity index (χ1v) is 7.88. The monoisotopic (exact) mass is 258 g/mol. The Labute approximate surface area is 117 Å². The zero-order valence-corrected chi connectivity index (χ0v) is 12.0. The van der Waals surface area contributed by atoms with Gasteiger partial charge in [-0.25, -0.2) is 0 Å². The maximum absolute atomic E-state index is 5.93. The Morgan fingerprint density at radius 3 is 2.47 bits per heavy atom. The highest BCUT2D eigenvalue weighted by Crippen LogP contribution is 2.37. The van der Waals surface area contributed by atoms with E-state index in [4.69, 9.17) is 5.73 Å². The van der Waals surface area contributed by atoms with E-state index in [2.05, 4.69) is 29.2 Å². The number of nitrogens with zero attached hydrogens (tertiary/aromatic N) is 1. The van der Waals surface area contributed by atoms with E-state index in [9.17, 15) is 0 Å². The first-order valence-electron chi connectivity index (χ1n) is 7.88. The van der Waals surface area contributed by atoms with Crippen LogP contribution in [0, 0.1) is 5.92 Å². The van der Waals surface area contributed by atoms with Gasteiger partial charge in [0.15, 0.2) is 0 Å². The fraction of sp³-hybridized carbons (Fsp3) is 0.647. The van der Waals surface area contributed by atoms with Gasteiger partial charge in [-0.05, 0) is 56.2 Å². The Morgan fingerprint density at radius 2 is 1.74 bits per heavy atom. The van der Waals surface area contributed by atoms with Crippen LogP contribution in [0.4, 0.5) is 5.69 Å². The Balaban J connectivity index is 1.79. The zero-order chi connectivity index (χ0) is 13.2. The van der Waals surface area contributed by atoms with E-state index in [-0.39, 0.29) is 6.04 Å². The van der Waals surface area contributed by atoms with Crippen LogP contribution in [0.25, 0.3) is 0 Å². The van der Waals surface area contributed by atoms with E-state index in [1.54, 1.807) is 0 Å². The number of hydrogen-bond acceptors (Lipinski definition) is 2. The van der Waals surface area contributed by atoms with Crippen LogP contribution in [0.2, 0.25) is 0 Å². The maximum Gasteiger partial charge on any atom is 0.0369 e. The molecule has 1 aliphatic carbocycles. The molecule has 104 valence electrons. The highest BCUT2D eigenvalue weighted by atomic mass is 15.2. The SMILES string of the molecule is C[C@H](N)c1ccc(N2CCC[C@H]3CCCC[C@H]32)cc1. The lowest BCUT2D eigenvalue weighted by atomic mass is 9.78. The molecule has 0 unspecified atom stereocenters. The third kappa shape index (κ3) is 2.64. The van der Waals surface area contributed by atoms with E-state index >= 15 is 0 Å². The zero-order valence-electron chi connectivity index (χ0n) is 12.0. The molecule has 3 rings (SSSR count). The number of benzene rings is 1. The Morgan fingerprint density at radius 1 is 1.05 bits per heavy atom. The first-order chi connectivity index (χ1) is 9.25. The molecule has 1 aromatic carbocycles. The molecule has 1 heterocycles. The van der Waals surface area contributed by atoms with Gasteiger partial charge in [0.2, 0.25) is 0 Å². The lowest BCUT2D eigenvalue weighted by molar-refractivity contribution is 0.244. The molecule has 3 atom stereocenters. The van der Waals surface area contributed by atoms with Gasteiger partial charge in [-0.3, -0.25) is 0 Å². The molecule has 0 radical (unpaired) electrons. The van der Waals surface area contributed by atoms with Gasteiger partial charge >= 0.3 is 0 Å². The van der Waals surface area contributed by atoms with Crippen molar-refractivity contribution in [1.82, 2.24) is 0 Å². The number of fused-ring (bicyclic) bond motifs is 1. The summed E-state index contributed by atoms with van der Waals surface area (Å²) >= 11 is 0. The Bertz CT molecular complexity index is 408. The molecular formula is C17H26N2. The standard InChI is InChI=1S/C17H26N2/c1-13(18)14-8-10-16(11-9-14)19-12-4-6-15-5-2-3-7-17(15)19/h8-11,13,15,17H,2-7,12,18H2,1H3/t13-,15+,17+/m0/s1. The fourth-order valence-corrected chi connectivity index (χ4v) is 3.91. The van der Waals surface area contributed by atoms with Gasteiger partial charge in [0, 0.05) is 24.3 Å². The molecule has 1 aliphatic heterocycles. The van der Waals surface area contributed by atoms with Crippen molar-refractivity contribution in [2.75, 3.05) is 11.4 Å². The van der Waals surface area contributed by atoms with Crippen LogP contribution in [0.5, 0.6) is 0 Å². The van der Waals surface area contributed by atoms with E-state index < -0.39 is 0 Å². The average molecular weight is 258 g/mol. The van der Waals surface area contributed by atoms with Crippen molar-refractivity contribution in [3.8, 4) is 0 Å². The smallest absolute Gasteiger partial charge is 0.0369 e. The summed E-state index contributed by atoms with van der Waals surface area (Å²) in [6, 6.07) is 9.88. The minimum absolute atomic E-state index is 0.137. The van der Waals surface area contributed by atoms with Crippen LogP contribution in [-0.4, -0.2) is 12.6 Å². The van der Waals surface area contributed by atoms with Crippen molar-refractivity contribution < 1.29 is 0 Å². The van der Waals surface area contributed by atoms with Crippen molar-refractivity contribution in [2.45, 2.75) is 57.5 Å². The molecule has 0 spiro atoms. The lowest BCUT2D eigenvalue weighted by Crippen LogP contribution is -2.46. The summed E-state index contributed by atoms with van der Waals surface area (Å²) in [4.78, 5) is 2.66. The number of rotatable bonds is 2. The molecule has 2 aliphatic rings. The first kappa shape index (κ1) is 13.0. The second-order valence-corrected chi connectivity index (χ2v) is 6.33. The quantitative estimate of drug-likeness (QED) is 0.872. The van der Waals surface area contributed by atoms with E-state index in [0.29, 0.717) is 0 Å². The van der Waals surface area contributed by atoms with E-state index in [0.717, 1.165) is 12.0 Å². The van der Waals surface area contributed by atoms with E-state index in [1.165, 1.54) is 56.3 Å². The number of nitrogens with two attached hydrogens (primary N) is 1. The summed E-state index contributed by atoms with van der Waals surface area (Å²) < 4.78 is 0. The van der Waals surface area contributed by atoms with Crippen molar-refractivity contribution in [3.05, 3.63) is 29.8 Å². The second-order valence-electron chi connectivity index (χ2n) is 6.33. The average Bonchev–Trinajstić information content (AvgIpc) is 2.47. The number of piperidine rings is 1. The minimum atomic E-state index is 0.137. The molecule has 1 aromatic rings. The van der Waals surface area contributed by atoms with Crippen LogP contribution < -0.4 is 10.6 Å². The normalized spacial score (nSPS) is 28.8. The van der Waals surface area contributed by atoms with Crippen molar-refractivity contribution in [2.24, 2.45) is 11.7 Å². The summed E-state index contributed by atoms with van der Waals surface area (Å²) in [5.74, 6) is 0.940. The predicted molar refractivity (Wildman–Crippen MR) is 81.4 cm³/mol. The van der Waals surface area contributed by atoms with Gasteiger partial charge in [0.25, 0.3) is 0 Å². The molecule has 1 saturated carbocycles. The van der Waals surface area contributed by atoms with Crippen molar-refractivity contribution in [3.63, 3.8) is 0 Å². The third-order valence-electron chi connectivity index (χ3n) is 4.99.